The van der Waals surface area contributed by atoms with Crippen LogP contribution in [0.2, 0.25) is 0 Å². The SMILES string of the molecule is CCCC(C(O)CC1=C[C+](C(C)C[NH2+]CC(C)O)C=N1)C1CC(CC2CC[NH2+]C(N)C2)CC2C#CC(C3CCCCC3)C3CC(O)C(OC)CC3CCC(=O)CC(=O)C2C1. The van der Waals surface area contributed by atoms with Gasteiger partial charge < -0.3 is 30.7 Å². The highest BCUT2D eigenvalue weighted by molar-refractivity contribution is 6.00. The van der Waals surface area contributed by atoms with E-state index in [0.29, 0.717) is 50.0 Å². The average molecular weight is 836 g/mol. The maximum Gasteiger partial charge on any atom is 0.177 e. The molecular formula is C50H83N4O6+3. The average Bonchev–Trinajstić information content (AvgIpc) is 3.61. The number of hydrogen-bond acceptors (Lipinski definition) is 8. The molecule has 2 aliphatic heterocycles. The van der Waals surface area contributed by atoms with E-state index in [1.807, 2.05) is 13.1 Å². The zero-order valence-electron chi connectivity index (χ0n) is 37.7. The molecule has 0 bridgehead atoms. The van der Waals surface area contributed by atoms with Crippen LogP contribution in [-0.4, -0.2) is 90.4 Å². The van der Waals surface area contributed by atoms with Crippen molar-refractivity contribution in [3.63, 3.8) is 0 Å². The van der Waals surface area contributed by atoms with Gasteiger partial charge in [0.25, 0.3) is 0 Å². The minimum Gasteiger partial charge on any atom is -0.391 e. The molecule has 6 rings (SSSR count). The van der Waals surface area contributed by atoms with Gasteiger partial charge in [-0.2, -0.15) is 0 Å². The number of carbonyl (C=O) groups excluding carboxylic acids is 2. The summed E-state index contributed by atoms with van der Waals surface area (Å²) in [6.45, 7) is 8.77. The minimum absolute atomic E-state index is 0.00110. The fourth-order valence-electron chi connectivity index (χ4n) is 12.8. The summed E-state index contributed by atoms with van der Waals surface area (Å²) in [5, 5.41) is 37.7. The number of hydrogen-bond donors (Lipinski definition) is 6. The number of ketones is 2. The lowest BCUT2D eigenvalue weighted by Crippen LogP contribution is -2.94. The Kier molecular flexibility index (Phi) is 18.2. The van der Waals surface area contributed by atoms with E-state index >= 15 is 0 Å². The maximum atomic E-state index is 14.7. The van der Waals surface area contributed by atoms with Crippen molar-refractivity contribution in [3.05, 3.63) is 17.7 Å². The van der Waals surface area contributed by atoms with Gasteiger partial charge in [-0.05, 0) is 126 Å². The second kappa shape index (κ2) is 23.0. The van der Waals surface area contributed by atoms with Gasteiger partial charge in [0.1, 0.15) is 49.0 Å². The molecule has 9 N–H and O–H groups in total. The topological polar surface area (TPSA) is 176 Å². The number of nitrogens with zero attached hydrogens (tertiary/aromatic N) is 1. The molecule has 0 spiro atoms. The summed E-state index contributed by atoms with van der Waals surface area (Å²) in [4.78, 5) is 33.3. The summed E-state index contributed by atoms with van der Waals surface area (Å²) in [5.41, 5.74) is 7.43. The van der Waals surface area contributed by atoms with Crippen LogP contribution in [0.5, 0.6) is 0 Å². The van der Waals surface area contributed by atoms with Gasteiger partial charge in [-0.15, -0.1) is 4.99 Å². The van der Waals surface area contributed by atoms with E-state index in [9.17, 15) is 24.9 Å². The van der Waals surface area contributed by atoms with Crippen molar-refractivity contribution in [2.24, 2.45) is 75.8 Å². The third kappa shape index (κ3) is 13.0. The Labute approximate surface area is 362 Å². The van der Waals surface area contributed by atoms with Gasteiger partial charge in [-0.25, -0.2) is 0 Å². The Morgan fingerprint density at radius 3 is 2.52 bits per heavy atom. The van der Waals surface area contributed by atoms with Crippen molar-refractivity contribution >= 4 is 17.8 Å². The van der Waals surface area contributed by atoms with Crippen molar-refractivity contribution in [1.29, 1.82) is 0 Å². The molecule has 0 aromatic heterocycles. The molecule has 0 aromatic rings. The summed E-state index contributed by atoms with van der Waals surface area (Å²) in [6, 6.07) is 0. The first-order chi connectivity index (χ1) is 28.9. The Hall–Kier alpha value is -2.10. The van der Waals surface area contributed by atoms with Crippen LogP contribution in [0.15, 0.2) is 16.8 Å². The van der Waals surface area contributed by atoms with E-state index < -0.39 is 12.2 Å². The molecule has 336 valence electrons. The zero-order valence-corrected chi connectivity index (χ0v) is 37.7. The molecule has 15 atom stereocenters. The molecule has 4 fully saturated rings. The molecule has 0 amide bonds. The lowest BCUT2D eigenvalue weighted by molar-refractivity contribution is -0.699. The number of methoxy groups -OCH3 is 1. The summed E-state index contributed by atoms with van der Waals surface area (Å²) >= 11 is 0. The lowest BCUT2D eigenvalue weighted by Gasteiger charge is -2.44. The number of rotatable bonds is 15. The highest BCUT2D eigenvalue weighted by Gasteiger charge is 2.45. The van der Waals surface area contributed by atoms with Crippen molar-refractivity contribution in [3.8, 4) is 11.8 Å². The second-order valence-corrected chi connectivity index (χ2v) is 20.7. The van der Waals surface area contributed by atoms with Crippen LogP contribution in [0.1, 0.15) is 143 Å². The summed E-state index contributed by atoms with van der Waals surface area (Å²) in [6.07, 6.45) is 18.9. The third-order valence-electron chi connectivity index (χ3n) is 16.1. The van der Waals surface area contributed by atoms with Crippen molar-refractivity contribution in [1.82, 2.24) is 0 Å². The molecule has 6 aliphatic rings. The molecule has 0 radical (unpaired) electrons. The van der Waals surface area contributed by atoms with Crippen LogP contribution in [0, 0.1) is 82.9 Å². The van der Waals surface area contributed by atoms with Gasteiger partial charge in [0, 0.05) is 37.7 Å². The van der Waals surface area contributed by atoms with Gasteiger partial charge in [-0.1, -0.05) is 44.4 Å². The Morgan fingerprint density at radius 1 is 0.983 bits per heavy atom. The van der Waals surface area contributed by atoms with E-state index in [4.69, 9.17) is 15.5 Å². The molecular weight excluding hydrogens is 753 g/mol. The first-order valence-corrected chi connectivity index (χ1v) is 24.6. The van der Waals surface area contributed by atoms with Crippen LogP contribution < -0.4 is 16.4 Å². The molecule has 10 nitrogen and oxygen atoms in total. The summed E-state index contributed by atoms with van der Waals surface area (Å²) in [7, 11) is 1.68. The fraction of sp³-hybridized carbons (Fsp3) is 0.840. The Morgan fingerprint density at radius 2 is 1.78 bits per heavy atom. The van der Waals surface area contributed by atoms with E-state index in [-0.39, 0.29) is 83.7 Å². The predicted octanol–water partition coefficient (Wildman–Crippen LogP) is 4.50. The smallest absolute Gasteiger partial charge is 0.177 e. The monoisotopic (exact) mass is 836 g/mol. The van der Waals surface area contributed by atoms with Crippen LogP contribution in [0.3, 0.4) is 0 Å². The first-order valence-electron chi connectivity index (χ1n) is 24.6. The van der Waals surface area contributed by atoms with Gasteiger partial charge in [0.15, 0.2) is 5.70 Å². The molecule has 0 aromatic carbocycles. The van der Waals surface area contributed by atoms with Crippen molar-refractivity contribution in [2.75, 3.05) is 26.7 Å². The Bertz CT molecular complexity index is 1500. The van der Waals surface area contributed by atoms with Gasteiger partial charge in [0.05, 0.1) is 49.7 Å². The molecule has 15 unspecified atom stereocenters. The molecule has 1 saturated heterocycles. The standard InChI is InChI=1S/C50H81N4O6/c1-5-9-43(46(57)25-40-22-39(30-54-40)31(2)28-52-29-32(3)55)38-20-34(18-33-16-17-53-50(51)21-33)19-36-13-15-42(35-10-7-6-8-11-35)44-27-48(59)49(60-4)24-37(44)12-14-41(56)26-47(58)45(36)23-38/h22,30-38,42-46,48-50,52-53,55,57,59H,5-12,14,16-21,23-29,51H2,1-4H3/q+1/p+2. The largest absolute Gasteiger partial charge is 0.391 e. The third-order valence-corrected chi connectivity index (χ3v) is 16.1. The predicted molar refractivity (Wildman–Crippen MR) is 236 cm³/mol. The number of Topliss-reactive ketones (excluding diaryl/α,β-unsaturated/α-hetero) is 2. The first kappa shape index (κ1) is 47.4. The number of aliphatic hydroxyl groups excluding tert-OH is 3. The number of allylic oxidation sites excluding steroid dienone is 1. The summed E-state index contributed by atoms with van der Waals surface area (Å²) < 4.78 is 5.78. The van der Waals surface area contributed by atoms with Crippen LogP contribution in [0.4, 0.5) is 0 Å². The van der Waals surface area contributed by atoms with Gasteiger partial charge in [-0.3, -0.25) is 15.3 Å². The van der Waals surface area contributed by atoms with Crippen molar-refractivity contribution in [2.45, 2.75) is 173 Å². The number of nitrogens with two attached hydrogens (primary N) is 3. The summed E-state index contributed by atoms with van der Waals surface area (Å²) in [5.74, 6) is 10.9. The molecule has 4 aliphatic carbocycles. The fourth-order valence-corrected chi connectivity index (χ4v) is 12.8. The molecule has 2 heterocycles. The van der Waals surface area contributed by atoms with Crippen LogP contribution >= 0.6 is 0 Å². The number of ether oxygens (including phenoxy) is 1. The minimum atomic E-state index is -0.597. The van der Waals surface area contributed by atoms with E-state index in [0.717, 1.165) is 95.3 Å². The zero-order chi connectivity index (χ0) is 42.8. The number of aliphatic imine (C=N–C) groups is 1. The lowest BCUT2D eigenvalue weighted by atomic mass is 9.63. The number of carbonyl (C=O) groups is 2. The van der Waals surface area contributed by atoms with E-state index in [2.05, 4.69) is 42.4 Å². The van der Waals surface area contributed by atoms with Crippen LogP contribution in [-0.2, 0) is 14.3 Å². The number of aliphatic hydroxyl groups is 3. The highest BCUT2D eigenvalue weighted by atomic mass is 16.5. The second-order valence-electron chi connectivity index (χ2n) is 20.7. The number of piperidine rings is 1. The van der Waals surface area contributed by atoms with E-state index in [1.54, 1.807) is 7.11 Å². The highest BCUT2D eigenvalue weighted by Crippen LogP contribution is 2.48. The quantitative estimate of drug-likeness (QED) is 0.0801. The van der Waals surface area contributed by atoms with Crippen molar-refractivity contribution < 1.29 is 40.3 Å². The van der Waals surface area contributed by atoms with E-state index in [1.165, 1.54) is 19.3 Å². The van der Waals surface area contributed by atoms with Gasteiger partial charge >= 0.3 is 0 Å². The molecule has 3 saturated carbocycles. The molecule has 60 heavy (non-hydrogen) atoms. The Balaban J connectivity index is 1.31. The maximum absolute atomic E-state index is 14.7. The number of fused-ring (bicyclic) bond motifs is 2. The van der Waals surface area contributed by atoms with Gasteiger partial charge in [0.2, 0.25) is 0 Å². The normalized spacial score (nSPS) is 36.6. The number of quaternary nitrogens is 2. The van der Waals surface area contributed by atoms with Crippen LogP contribution in [0.25, 0.3) is 0 Å². The molecule has 10 heteroatoms.